The normalized spacial score (nSPS) is 15.9. The van der Waals surface area contributed by atoms with Crippen molar-refractivity contribution in [1.82, 2.24) is 14.7 Å². The molecule has 1 amide bonds. The molecule has 0 spiro atoms. The van der Waals surface area contributed by atoms with Crippen molar-refractivity contribution in [2.75, 3.05) is 6.54 Å². The van der Waals surface area contributed by atoms with Gasteiger partial charge in [-0.2, -0.15) is 0 Å². The summed E-state index contributed by atoms with van der Waals surface area (Å²) in [6.45, 7) is 2.74. The number of pyridine rings is 1. The number of amides is 1. The van der Waals surface area contributed by atoms with E-state index in [0.29, 0.717) is 13.0 Å². The van der Waals surface area contributed by atoms with E-state index in [4.69, 9.17) is 0 Å². The van der Waals surface area contributed by atoms with E-state index in [9.17, 15) is 4.79 Å². The molecule has 0 atom stereocenters. The van der Waals surface area contributed by atoms with E-state index in [2.05, 4.69) is 29.4 Å². The van der Waals surface area contributed by atoms with Crippen LogP contribution in [0.4, 0.5) is 0 Å². The lowest BCUT2D eigenvalue weighted by Crippen LogP contribution is -2.26. The molecule has 2 heterocycles. The number of carbonyl (C=O) groups excluding carboxylic acids is 1. The minimum atomic E-state index is 0.190. The number of aryl methyl sites for hydroxylation is 1. The number of nitrogens with zero attached hydrogens (tertiary/aromatic N) is 2. The van der Waals surface area contributed by atoms with Crippen LogP contribution in [0.2, 0.25) is 0 Å². The van der Waals surface area contributed by atoms with Crippen LogP contribution in [0.25, 0.3) is 5.65 Å². The second kappa shape index (κ2) is 7.62. The van der Waals surface area contributed by atoms with E-state index in [1.165, 1.54) is 37.7 Å². The Morgan fingerprint density at radius 1 is 1.35 bits per heavy atom. The molecule has 0 unspecified atom stereocenters. The average Bonchev–Trinajstić information content (AvgIpc) is 2.95. The predicted molar refractivity (Wildman–Crippen MR) is 92.5 cm³/mol. The van der Waals surface area contributed by atoms with Crippen LogP contribution in [-0.4, -0.2) is 21.8 Å². The third-order valence-corrected chi connectivity index (χ3v) is 4.87. The molecule has 1 N–H and O–H groups in total. The van der Waals surface area contributed by atoms with Crippen molar-refractivity contribution < 1.29 is 4.79 Å². The van der Waals surface area contributed by atoms with Crippen LogP contribution in [0.1, 0.15) is 56.2 Å². The van der Waals surface area contributed by atoms with E-state index >= 15 is 0 Å². The Bertz CT molecular complexity index is 656. The maximum absolute atomic E-state index is 12.0. The van der Waals surface area contributed by atoms with Crippen LogP contribution < -0.4 is 5.32 Å². The van der Waals surface area contributed by atoms with Gasteiger partial charge < -0.3 is 9.72 Å². The molecule has 3 rings (SSSR count). The van der Waals surface area contributed by atoms with Gasteiger partial charge in [0.05, 0.1) is 5.69 Å². The minimum Gasteiger partial charge on any atom is -0.356 e. The van der Waals surface area contributed by atoms with E-state index in [1.54, 1.807) is 0 Å². The van der Waals surface area contributed by atoms with Crippen LogP contribution in [0.5, 0.6) is 0 Å². The summed E-state index contributed by atoms with van der Waals surface area (Å²) in [6.07, 6.45) is 13.3. The molecular weight excluding hydrogens is 286 g/mol. The van der Waals surface area contributed by atoms with Crippen LogP contribution >= 0.6 is 0 Å². The van der Waals surface area contributed by atoms with Gasteiger partial charge in [0.2, 0.25) is 5.91 Å². The molecule has 1 saturated carbocycles. The fourth-order valence-corrected chi connectivity index (χ4v) is 3.49. The zero-order chi connectivity index (χ0) is 16.1. The van der Waals surface area contributed by atoms with Crippen molar-refractivity contribution in [3.8, 4) is 0 Å². The quantitative estimate of drug-likeness (QED) is 0.884. The molecule has 4 nitrogen and oxygen atoms in total. The third kappa shape index (κ3) is 4.57. The number of hydrogen-bond acceptors (Lipinski definition) is 2. The van der Waals surface area contributed by atoms with Crippen molar-refractivity contribution in [2.24, 2.45) is 5.92 Å². The van der Waals surface area contributed by atoms with Crippen molar-refractivity contribution in [2.45, 2.75) is 58.3 Å². The molecule has 1 aliphatic rings. The number of carbonyl (C=O) groups is 1. The second-order valence-corrected chi connectivity index (χ2v) is 6.84. The lowest BCUT2D eigenvalue weighted by atomic mass is 9.86. The Kier molecular flexibility index (Phi) is 5.31. The summed E-state index contributed by atoms with van der Waals surface area (Å²) in [7, 11) is 0. The molecule has 2 aromatic rings. The average molecular weight is 313 g/mol. The molecule has 0 bridgehead atoms. The smallest absolute Gasteiger partial charge is 0.220 e. The molecule has 1 aliphatic carbocycles. The SMILES string of the molecule is Cc1ccn2cc(CCNC(=O)CCC3CCCCC3)nc2c1. The largest absolute Gasteiger partial charge is 0.356 e. The zero-order valence-corrected chi connectivity index (χ0v) is 14.1. The summed E-state index contributed by atoms with van der Waals surface area (Å²) in [5, 5.41) is 3.04. The Hall–Kier alpha value is -1.84. The fraction of sp³-hybridized carbons (Fsp3) is 0.579. The lowest BCUT2D eigenvalue weighted by molar-refractivity contribution is -0.121. The van der Waals surface area contributed by atoms with E-state index in [0.717, 1.165) is 30.1 Å². The predicted octanol–water partition coefficient (Wildman–Crippen LogP) is 3.66. The van der Waals surface area contributed by atoms with Crippen LogP contribution in [-0.2, 0) is 11.2 Å². The highest BCUT2D eigenvalue weighted by Gasteiger charge is 2.14. The first-order valence-electron chi connectivity index (χ1n) is 8.91. The van der Waals surface area contributed by atoms with Gasteiger partial charge in [-0.05, 0) is 37.0 Å². The summed E-state index contributed by atoms with van der Waals surface area (Å²) in [4.78, 5) is 16.6. The van der Waals surface area contributed by atoms with Crippen molar-refractivity contribution in [3.63, 3.8) is 0 Å². The summed E-state index contributed by atoms with van der Waals surface area (Å²) < 4.78 is 2.03. The topological polar surface area (TPSA) is 46.4 Å². The molecule has 0 saturated heterocycles. The number of imidazole rings is 1. The molecule has 0 aliphatic heterocycles. The van der Waals surface area contributed by atoms with Gasteiger partial charge in [0.15, 0.2) is 0 Å². The minimum absolute atomic E-state index is 0.190. The molecular formula is C19H27N3O. The molecule has 1 fully saturated rings. The lowest BCUT2D eigenvalue weighted by Gasteiger charge is -2.20. The first kappa shape index (κ1) is 16.0. The highest BCUT2D eigenvalue weighted by atomic mass is 16.1. The van der Waals surface area contributed by atoms with Crippen LogP contribution in [0.15, 0.2) is 24.5 Å². The Morgan fingerprint density at radius 2 is 2.17 bits per heavy atom. The molecule has 2 aromatic heterocycles. The molecule has 0 radical (unpaired) electrons. The first-order valence-corrected chi connectivity index (χ1v) is 8.91. The molecule has 4 heteroatoms. The number of aromatic nitrogens is 2. The monoisotopic (exact) mass is 313 g/mol. The van der Waals surface area contributed by atoms with Gasteiger partial charge in [-0.25, -0.2) is 4.98 Å². The summed E-state index contributed by atoms with van der Waals surface area (Å²) >= 11 is 0. The number of nitrogens with one attached hydrogen (secondary N) is 1. The van der Waals surface area contributed by atoms with Crippen LogP contribution in [0.3, 0.4) is 0 Å². The maximum atomic E-state index is 12.0. The van der Waals surface area contributed by atoms with Gasteiger partial charge in [-0.15, -0.1) is 0 Å². The fourth-order valence-electron chi connectivity index (χ4n) is 3.49. The van der Waals surface area contributed by atoms with Gasteiger partial charge in [0, 0.05) is 31.8 Å². The third-order valence-electron chi connectivity index (χ3n) is 4.87. The van der Waals surface area contributed by atoms with Crippen LogP contribution in [0, 0.1) is 12.8 Å². The van der Waals surface area contributed by atoms with Gasteiger partial charge in [-0.1, -0.05) is 32.1 Å². The highest BCUT2D eigenvalue weighted by Crippen LogP contribution is 2.27. The second-order valence-electron chi connectivity index (χ2n) is 6.84. The maximum Gasteiger partial charge on any atom is 0.220 e. The zero-order valence-electron chi connectivity index (χ0n) is 14.1. The number of fused-ring (bicyclic) bond motifs is 1. The van der Waals surface area contributed by atoms with Gasteiger partial charge in [0.1, 0.15) is 5.65 Å². The van der Waals surface area contributed by atoms with Gasteiger partial charge in [0.25, 0.3) is 0 Å². The highest BCUT2D eigenvalue weighted by molar-refractivity contribution is 5.75. The van der Waals surface area contributed by atoms with Gasteiger partial charge >= 0.3 is 0 Å². The van der Waals surface area contributed by atoms with Gasteiger partial charge in [-0.3, -0.25) is 4.79 Å². The van der Waals surface area contributed by atoms with Crippen molar-refractivity contribution in [1.29, 1.82) is 0 Å². The first-order chi connectivity index (χ1) is 11.2. The van der Waals surface area contributed by atoms with E-state index in [1.807, 2.05) is 16.8 Å². The summed E-state index contributed by atoms with van der Waals surface area (Å²) in [6, 6.07) is 4.15. The molecule has 23 heavy (non-hydrogen) atoms. The molecule has 124 valence electrons. The Balaban J connectivity index is 1.40. The Morgan fingerprint density at radius 3 is 3.00 bits per heavy atom. The van der Waals surface area contributed by atoms with Crippen molar-refractivity contribution >= 4 is 11.6 Å². The van der Waals surface area contributed by atoms with E-state index < -0.39 is 0 Å². The molecule has 0 aromatic carbocycles. The summed E-state index contributed by atoms with van der Waals surface area (Å²) in [5.74, 6) is 0.964. The standard InChI is InChI=1S/C19H27N3O/c1-15-10-12-22-14-17(21-18(22)13-15)9-11-20-19(23)8-7-16-5-3-2-4-6-16/h10,12-14,16H,2-9,11H2,1H3,(H,20,23). The number of rotatable bonds is 6. The van der Waals surface area contributed by atoms with Crippen molar-refractivity contribution in [3.05, 3.63) is 35.8 Å². The summed E-state index contributed by atoms with van der Waals surface area (Å²) in [5.41, 5.74) is 3.22. The van der Waals surface area contributed by atoms with E-state index in [-0.39, 0.29) is 5.91 Å². The Labute approximate surface area is 138 Å². The number of hydrogen-bond donors (Lipinski definition) is 1.